The maximum Gasteiger partial charge on any atom is 0.0834 e. The van der Waals surface area contributed by atoms with Gasteiger partial charge in [-0.05, 0) is 38.3 Å². The van der Waals surface area contributed by atoms with E-state index in [0.717, 1.165) is 18.9 Å². The van der Waals surface area contributed by atoms with E-state index in [1.165, 1.54) is 32.4 Å². The molecule has 0 aromatic carbocycles. The minimum Gasteiger partial charge on any atom is -0.303 e. The van der Waals surface area contributed by atoms with E-state index in [1.807, 2.05) is 0 Å². The van der Waals surface area contributed by atoms with Crippen molar-refractivity contribution in [1.82, 2.24) is 4.90 Å². The predicted octanol–water partition coefficient (Wildman–Crippen LogP) is 1.93. The lowest BCUT2D eigenvalue weighted by Gasteiger charge is -2.31. The smallest absolute Gasteiger partial charge is 0.0834 e. The molecule has 1 aliphatic heterocycles. The van der Waals surface area contributed by atoms with Crippen LogP contribution in [0, 0.1) is 5.92 Å². The van der Waals surface area contributed by atoms with E-state index in [9.17, 15) is 5.11 Å². The van der Waals surface area contributed by atoms with E-state index < -0.39 is 0 Å². The standard InChI is InChI=1S/C10H20NO/c1-2-10-4-7-11(8-5-10)6-3-9-12/h10H,2-9H2,1H3. The number of piperidine rings is 1. The van der Waals surface area contributed by atoms with Gasteiger partial charge in [0.05, 0.1) is 6.61 Å². The Balaban J connectivity index is 2.09. The van der Waals surface area contributed by atoms with E-state index in [-0.39, 0.29) is 6.61 Å². The number of hydrogen-bond donors (Lipinski definition) is 0. The number of likely N-dealkylation sites (tertiary alicyclic amines) is 1. The first-order valence-electron chi connectivity index (χ1n) is 5.17. The Hall–Kier alpha value is -0.0800. The highest BCUT2D eigenvalue weighted by atomic mass is 16.3. The predicted molar refractivity (Wildman–Crippen MR) is 49.6 cm³/mol. The summed E-state index contributed by atoms with van der Waals surface area (Å²) in [7, 11) is 0. The Morgan fingerprint density at radius 1 is 1.33 bits per heavy atom. The first-order valence-corrected chi connectivity index (χ1v) is 5.17. The fourth-order valence-electron chi connectivity index (χ4n) is 1.91. The van der Waals surface area contributed by atoms with Gasteiger partial charge in [0.15, 0.2) is 0 Å². The van der Waals surface area contributed by atoms with Crippen LogP contribution in [0.25, 0.3) is 0 Å². The van der Waals surface area contributed by atoms with Gasteiger partial charge in [-0.3, -0.25) is 0 Å². The van der Waals surface area contributed by atoms with Crippen LogP contribution in [0.5, 0.6) is 0 Å². The highest BCUT2D eigenvalue weighted by Crippen LogP contribution is 2.19. The average Bonchev–Trinajstić information content (AvgIpc) is 2.15. The number of hydrogen-bond acceptors (Lipinski definition) is 1. The van der Waals surface area contributed by atoms with Gasteiger partial charge in [0.1, 0.15) is 0 Å². The second-order valence-electron chi connectivity index (χ2n) is 3.75. The lowest BCUT2D eigenvalue weighted by atomic mass is 9.94. The van der Waals surface area contributed by atoms with Crippen molar-refractivity contribution >= 4 is 0 Å². The normalized spacial score (nSPS) is 21.5. The van der Waals surface area contributed by atoms with Crippen molar-refractivity contribution in [2.75, 3.05) is 26.2 Å². The molecule has 12 heavy (non-hydrogen) atoms. The van der Waals surface area contributed by atoms with Crippen LogP contribution in [-0.2, 0) is 5.11 Å². The summed E-state index contributed by atoms with van der Waals surface area (Å²) in [6.07, 6.45) is 4.84. The molecule has 0 amide bonds. The molecule has 1 fully saturated rings. The SMILES string of the molecule is CCC1CCN(CCC[O])CC1. The summed E-state index contributed by atoms with van der Waals surface area (Å²) in [5.41, 5.74) is 0. The lowest BCUT2D eigenvalue weighted by Crippen LogP contribution is -2.34. The highest BCUT2D eigenvalue weighted by molar-refractivity contribution is 4.70. The molecule has 71 valence electrons. The van der Waals surface area contributed by atoms with Crippen molar-refractivity contribution in [2.24, 2.45) is 5.92 Å². The van der Waals surface area contributed by atoms with E-state index in [4.69, 9.17) is 0 Å². The van der Waals surface area contributed by atoms with E-state index in [0.29, 0.717) is 0 Å². The van der Waals surface area contributed by atoms with Gasteiger partial charge in [-0.2, -0.15) is 0 Å². The van der Waals surface area contributed by atoms with E-state index in [1.54, 1.807) is 0 Å². The van der Waals surface area contributed by atoms with Crippen LogP contribution in [0.1, 0.15) is 32.6 Å². The fourth-order valence-corrected chi connectivity index (χ4v) is 1.91. The highest BCUT2D eigenvalue weighted by Gasteiger charge is 2.16. The summed E-state index contributed by atoms with van der Waals surface area (Å²) in [5, 5.41) is 10.3. The van der Waals surface area contributed by atoms with Crippen molar-refractivity contribution in [3.8, 4) is 0 Å². The average molecular weight is 170 g/mol. The van der Waals surface area contributed by atoms with Gasteiger partial charge in [0, 0.05) is 6.54 Å². The summed E-state index contributed by atoms with van der Waals surface area (Å²) < 4.78 is 0. The minimum absolute atomic E-state index is 0.0910. The third kappa shape index (κ3) is 3.11. The first-order chi connectivity index (χ1) is 5.86. The zero-order valence-corrected chi connectivity index (χ0v) is 8.09. The third-order valence-electron chi connectivity index (χ3n) is 2.90. The van der Waals surface area contributed by atoms with E-state index >= 15 is 0 Å². The fraction of sp³-hybridized carbons (Fsp3) is 1.00. The molecule has 0 unspecified atom stereocenters. The quantitative estimate of drug-likeness (QED) is 0.632. The van der Waals surface area contributed by atoms with E-state index in [2.05, 4.69) is 11.8 Å². The third-order valence-corrected chi connectivity index (χ3v) is 2.90. The van der Waals surface area contributed by atoms with Crippen LogP contribution in [-0.4, -0.2) is 31.1 Å². The van der Waals surface area contributed by atoms with Crippen LogP contribution in [0.4, 0.5) is 0 Å². The molecule has 2 heteroatoms. The molecule has 1 radical (unpaired) electrons. The van der Waals surface area contributed by atoms with Gasteiger partial charge in [-0.25, -0.2) is 5.11 Å². The molecule has 0 saturated carbocycles. The van der Waals surface area contributed by atoms with Crippen molar-refractivity contribution in [2.45, 2.75) is 32.6 Å². The molecule has 2 nitrogen and oxygen atoms in total. The molecule has 1 saturated heterocycles. The first kappa shape index (κ1) is 10.0. The largest absolute Gasteiger partial charge is 0.303 e. The van der Waals surface area contributed by atoms with Gasteiger partial charge >= 0.3 is 0 Å². The molecule has 0 aromatic heterocycles. The summed E-state index contributed by atoms with van der Waals surface area (Å²) in [6.45, 7) is 5.84. The summed E-state index contributed by atoms with van der Waals surface area (Å²) in [4.78, 5) is 2.43. The topological polar surface area (TPSA) is 23.1 Å². The van der Waals surface area contributed by atoms with Crippen LogP contribution < -0.4 is 0 Å². The summed E-state index contributed by atoms with van der Waals surface area (Å²) >= 11 is 0. The van der Waals surface area contributed by atoms with Crippen molar-refractivity contribution in [1.29, 1.82) is 0 Å². The lowest BCUT2D eigenvalue weighted by molar-refractivity contribution is 0.141. The molecule has 0 bridgehead atoms. The molecule has 1 heterocycles. The molecular formula is C10H20NO. The number of rotatable bonds is 4. The van der Waals surface area contributed by atoms with Crippen LogP contribution in [0.3, 0.4) is 0 Å². The van der Waals surface area contributed by atoms with Crippen molar-refractivity contribution < 1.29 is 5.11 Å². The molecule has 0 aliphatic carbocycles. The van der Waals surface area contributed by atoms with Crippen molar-refractivity contribution in [3.05, 3.63) is 0 Å². The Bertz CT molecular complexity index is 108. The minimum atomic E-state index is 0.0910. The molecule has 0 N–H and O–H groups in total. The summed E-state index contributed by atoms with van der Waals surface area (Å²) in [5.74, 6) is 0.952. The van der Waals surface area contributed by atoms with Crippen LogP contribution in [0.2, 0.25) is 0 Å². The second-order valence-corrected chi connectivity index (χ2v) is 3.75. The van der Waals surface area contributed by atoms with Crippen LogP contribution in [0.15, 0.2) is 0 Å². The Kier molecular flexibility index (Phi) is 4.62. The molecule has 0 spiro atoms. The van der Waals surface area contributed by atoms with Crippen LogP contribution >= 0.6 is 0 Å². The molecular weight excluding hydrogens is 150 g/mol. The van der Waals surface area contributed by atoms with Crippen molar-refractivity contribution in [3.63, 3.8) is 0 Å². The van der Waals surface area contributed by atoms with Gasteiger partial charge in [-0.15, -0.1) is 0 Å². The van der Waals surface area contributed by atoms with Gasteiger partial charge in [-0.1, -0.05) is 13.3 Å². The maximum absolute atomic E-state index is 10.3. The second kappa shape index (κ2) is 5.55. The zero-order chi connectivity index (χ0) is 8.81. The Morgan fingerprint density at radius 3 is 2.50 bits per heavy atom. The molecule has 0 aromatic rings. The maximum atomic E-state index is 10.3. The Morgan fingerprint density at radius 2 is 2.00 bits per heavy atom. The van der Waals surface area contributed by atoms with Gasteiger partial charge in [0.25, 0.3) is 0 Å². The zero-order valence-electron chi connectivity index (χ0n) is 8.09. The monoisotopic (exact) mass is 170 g/mol. The molecule has 1 rings (SSSR count). The van der Waals surface area contributed by atoms with Gasteiger partial charge < -0.3 is 4.90 Å². The summed E-state index contributed by atoms with van der Waals surface area (Å²) in [6, 6.07) is 0. The Labute approximate surface area is 75.6 Å². The van der Waals surface area contributed by atoms with Gasteiger partial charge in [0.2, 0.25) is 0 Å². The molecule has 0 atom stereocenters. The number of nitrogens with zero attached hydrogens (tertiary/aromatic N) is 1. The molecule has 1 aliphatic rings.